The number of nitrogens with zero attached hydrogens (tertiary/aromatic N) is 3. The Balaban J connectivity index is 1.31. The van der Waals surface area contributed by atoms with Crippen LogP contribution in [0.2, 0.25) is 0 Å². The number of hydrogen-bond acceptors (Lipinski definition) is 6. The summed E-state index contributed by atoms with van der Waals surface area (Å²) in [6, 6.07) is 9.85. The number of carbonyl (C=O) groups excluding carboxylic acids is 2. The average Bonchev–Trinajstić information content (AvgIpc) is 3.44. The van der Waals surface area contributed by atoms with Crippen molar-refractivity contribution in [3.05, 3.63) is 71.2 Å². The van der Waals surface area contributed by atoms with Crippen molar-refractivity contribution < 1.29 is 22.9 Å². The summed E-state index contributed by atoms with van der Waals surface area (Å²) in [4.78, 5) is 33.8. The lowest BCUT2D eigenvalue weighted by molar-refractivity contribution is -0.128. The van der Waals surface area contributed by atoms with Crippen LogP contribution in [-0.4, -0.2) is 52.0 Å². The molecule has 3 heterocycles. The number of rotatable bonds is 7. The van der Waals surface area contributed by atoms with Gasteiger partial charge in [0.15, 0.2) is 11.5 Å². The summed E-state index contributed by atoms with van der Waals surface area (Å²) in [5.41, 5.74) is 1.61. The molecule has 2 fully saturated rings. The molecule has 212 valence electrons. The number of carbonyl (C=O) groups is 2. The van der Waals surface area contributed by atoms with Gasteiger partial charge in [-0.1, -0.05) is 30.5 Å². The second-order valence-electron chi connectivity index (χ2n) is 10.9. The number of amides is 2. The molecular formula is C30H35F2N5O3. The van der Waals surface area contributed by atoms with Gasteiger partial charge in [-0.05, 0) is 57.4 Å². The first kappa shape index (κ1) is 27.9. The molecule has 2 aromatic heterocycles. The summed E-state index contributed by atoms with van der Waals surface area (Å²) in [6.07, 6.45) is 6.48. The van der Waals surface area contributed by atoms with E-state index in [1.807, 2.05) is 32.0 Å². The third kappa shape index (κ3) is 6.38. The van der Waals surface area contributed by atoms with Crippen LogP contribution in [0.25, 0.3) is 11.3 Å². The Morgan fingerprint density at radius 3 is 2.62 bits per heavy atom. The summed E-state index contributed by atoms with van der Waals surface area (Å²) < 4.78 is 32.7. The second kappa shape index (κ2) is 12.2. The number of benzene rings is 1. The van der Waals surface area contributed by atoms with E-state index in [0.717, 1.165) is 42.9 Å². The van der Waals surface area contributed by atoms with Crippen molar-refractivity contribution in [1.82, 2.24) is 25.7 Å². The lowest BCUT2D eigenvalue weighted by Crippen LogP contribution is -2.58. The maximum Gasteiger partial charge on any atom is 0.273 e. The number of aromatic nitrogens is 2. The first-order chi connectivity index (χ1) is 19.3. The molecule has 5 rings (SSSR count). The van der Waals surface area contributed by atoms with E-state index in [1.54, 1.807) is 0 Å². The van der Waals surface area contributed by atoms with E-state index in [1.165, 1.54) is 31.4 Å². The predicted molar refractivity (Wildman–Crippen MR) is 145 cm³/mol. The van der Waals surface area contributed by atoms with E-state index in [4.69, 9.17) is 4.52 Å². The van der Waals surface area contributed by atoms with Gasteiger partial charge in [-0.3, -0.25) is 19.5 Å². The Morgan fingerprint density at radius 1 is 1.07 bits per heavy atom. The Bertz CT molecular complexity index is 1360. The lowest BCUT2D eigenvalue weighted by atomic mass is 9.86. The van der Waals surface area contributed by atoms with Crippen molar-refractivity contribution in [2.75, 3.05) is 13.1 Å². The molecule has 1 saturated carbocycles. The maximum absolute atomic E-state index is 14.2. The van der Waals surface area contributed by atoms with Crippen molar-refractivity contribution in [3.8, 4) is 11.3 Å². The summed E-state index contributed by atoms with van der Waals surface area (Å²) in [7, 11) is 0. The number of likely N-dealkylation sites (tertiary alicyclic amines) is 1. The maximum atomic E-state index is 14.2. The number of hydrogen-bond donors (Lipinski definition) is 2. The third-order valence-electron chi connectivity index (χ3n) is 8.04. The molecule has 1 aromatic carbocycles. The minimum absolute atomic E-state index is 0.00439. The Kier molecular flexibility index (Phi) is 8.54. The van der Waals surface area contributed by atoms with Gasteiger partial charge in [-0.25, -0.2) is 8.78 Å². The van der Waals surface area contributed by atoms with Crippen LogP contribution in [0.1, 0.15) is 73.4 Å². The normalized spacial score (nSPS) is 21.1. The highest BCUT2D eigenvalue weighted by Crippen LogP contribution is 2.29. The highest BCUT2D eigenvalue weighted by atomic mass is 19.1. The zero-order chi connectivity index (χ0) is 28.2. The number of nitrogens with one attached hydrogen (secondary N) is 2. The Hall–Kier alpha value is -3.66. The van der Waals surface area contributed by atoms with Crippen LogP contribution in [0.3, 0.4) is 0 Å². The fraction of sp³-hybridized carbons (Fsp3) is 0.467. The van der Waals surface area contributed by atoms with E-state index in [9.17, 15) is 18.4 Å². The minimum atomic E-state index is -0.813. The van der Waals surface area contributed by atoms with E-state index in [0.29, 0.717) is 19.0 Å². The molecule has 2 N–H and O–H groups in total. The van der Waals surface area contributed by atoms with E-state index < -0.39 is 29.5 Å². The van der Waals surface area contributed by atoms with Gasteiger partial charge in [0.2, 0.25) is 5.91 Å². The SMILES string of the molecule is Cc1cccc([C@@H](C)NC(=O)[C@@H]2CN(C3CCCCC3)CC[C@H]2NC(=O)c2cc(-c3ccc(F)cc3F)on2)n1. The molecule has 8 nitrogen and oxygen atoms in total. The van der Waals surface area contributed by atoms with Gasteiger partial charge in [0.05, 0.1) is 23.2 Å². The van der Waals surface area contributed by atoms with E-state index in [-0.39, 0.29) is 29.0 Å². The van der Waals surface area contributed by atoms with Crippen molar-refractivity contribution in [2.24, 2.45) is 5.92 Å². The van der Waals surface area contributed by atoms with Gasteiger partial charge >= 0.3 is 0 Å². The van der Waals surface area contributed by atoms with Crippen molar-refractivity contribution in [2.45, 2.75) is 70.5 Å². The summed E-state index contributed by atoms with van der Waals surface area (Å²) in [6.45, 7) is 5.13. The molecule has 2 amide bonds. The van der Waals surface area contributed by atoms with Crippen LogP contribution in [0.5, 0.6) is 0 Å². The zero-order valence-corrected chi connectivity index (χ0v) is 22.8. The van der Waals surface area contributed by atoms with Crippen molar-refractivity contribution >= 4 is 11.8 Å². The largest absolute Gasteiger partial charge is 0.355 e. The van der Waals surface area contributed by atoms with Crippen LogP contribution in [0, 0.1) is 24.5 Å². The standard InChI is InChI=1S/C30H35F2N5O3/c1-18-7-6-10-25(33-18)19(2)34-29(38)23-17-37(21-8-4-3-5-9-21)14-13-26(23)35-30(39)27-16-28(40-36-27)22-12-11-20(31)15-24(22)32/h6-7,10-12,15-16,19,21,23,26H,3-5,8-9,13-14,17H2,1-2H3,(H,34,38)(H,35,39)/t19-,23-,26-/m1/s1. The van der Waals surface area contributed by atoms with Gasteiger partial charge < -0.3 is 15.2 Å². The number of pyridine rings is 1. The first-order valence-corrected chi connectivity index (χ1v) is 14.0. The molecule has 2 aliphatic rings. The van der Waals surface area contributed by atoms with Crippen LogP contribution < -0.4 is 10.6 Å². The quantitative estimate of drug-likeness (QED) is 0.431. The molecule has 1 saturated heterocycles. The molecule has 0 radical (unpaired) electrons. The molecule has 10 heteroatoms. The van der Waals surface area contributed by atoms with Crippen LogP contribution in [0.4, 0.5) is 8.78 Å². The molecule has 3 atom stereocenters. The van der Waals surface area contributed by atoms with Gasteiger partial charge in [-0.2, -0.15) is 0 Å². The molecule has 0 spiro atoms. The number of halogens is 2. The van der Waals surface area contributed by atoms with Crippen LogP contribution in [-0.2, 0) is 4.79 Å². The highest BCUT2D eigenvalue weighted by Gasteiger charge is 2.38. The van der Waals surface area contributed by atoms with Gasteiger partial charge in [0, 0.05) is 43.0 Å². The van der Waals surface area contributed by atoms with Gasteiger partial charge in [0.1, 0.15) is 11.6 Å². The molecule has 0 unspecified atom stereocenters. The smallest absolute Gasteiger partial charge is 0.273 e. The molecule has 40 heavy (non-hydrogen) atoms. The van der Waals surface area contributed by atoms with Gasteiger partial charge in [0.25, 0.3) is 5.91 Å². The van der Waals surface area contributed by atoms with E-state index >= 15 is 0 Å². The number of piperidine rings is 1. The molecule has 1 aliphatic carbocycles. The summed E-state index contributed by atoms with van der Waals surface area (Å²) in [5, 5.41) is 9.90. The average molecular weight is 552 g/mol. The molecule has 3 aromatic rings. The fourth-order valence-corrected chi connectivity index (χ4v) is 5.83. The van der Waals surface area contributed by atoms with Crippen LogP contribution in [0.15, 0.2) is 47.0 Å². The van der Waals surface area contributed by atoms with E-state index in [2.05, 4.69) is 25.7 Å². The molecular weight excluding hydrogens is 516 g/mol. The fourth-order valence-electron chi connectivity index (χ4n) is 5.83. The monoisotopic (exact) mass is 551 g/mol. The Morgan fingerprint density at radius 2 is 1.88 bits per heavy atom. The lowest BCUT2D eigenvalue weighted by Gasteiger charge is -2.43. The minimum Gasteiger partial charge on any atom is -0.355 e. The first-order valence-electron chi connectivity index (χ1n) is 14.0. The zero-order valence-electron chi connectivity index (χ0n) is 22.8. The second-order valence-corrected chi connectivity index (χ2v) is 10.9. The number of aryl methyl sites for hydroxylation is 1. The van der Waals surface area contributed by atoms with Gasteiger partial charge in [-0.15, -0.1) is 0 Å². The third-order valence-corrected chi connectivity index (χ3v) is 8.04. The van der Waals surface area contributed by atoms with Crippen molar-refractivity contribution in [3.63, 3.8) is 0 Å². The topological polar surface area (TPSA) is 100 Å². The highest BCUT2D eigenvalue weighted by molar-refractivity contribution is 5.94. The van der Waals surface area contributed by atoms with Crippen molar-refractivity contribution in [1.29, 1.82) is 0 Å². The predicted octanol–water partition coefficient (Wildman–Crippen LogP) is 4.95. The van der Waals surface area contributed by atoms with Crippen LogP contribution >= 0.6 is 0 Å². The molecule has 1 aliphatic heterocycles. The Labute approximate surface area is 232 Å². The summed E-state index contributed by atoms with van der Waals surface area (Å²) in [5.74, 6) is -2.64. The molecule has 0 bridgehead atoms. The summed E-state index contributed by atoms with van der Waals surface area (Å²) >= 11 is 0.